The minimum absolute atomic E-state index is 0.114. The van der Waals surface area contributed by atoms with Gasteiger partial charge in [0.15, 0.2) is 0 Å². The molecule has 1 aromatic carbocycles. The van der Waals surface area contributed by atoms with Crippen LogP contribution in [0.4, 0.5) is 4.39 Å². The van der Waals surface area contributed by atoms with E-state index in [1.165, 1.54) is 25.3 Å². The van der Waals surface area contributed by atoms with Gasteiger partial charge in [-0.2, -0.15) is 0 Å². The highest BCUT2D eigenvalue weighted by atomic mass is 19.1. The Balaban J connectivity index is 2.65. The van der Waals surface area contributed by atoms with Crippen LogP contribution < -0.4 is 5.32 Å². The summed E-state index contributed by atoms with van der Waals surface area (Å²) in [5.41, 5.74) is 0.700. The highest BCUT2D eigenvalue weighted by Crippen LogP contribution is 2.14. The van der Waals surface area contributed by atoms with Gasteiger partial charge in [-0.3, -0.25) is 4.79 Å². The maximum atomic E-state index is 13.5. The molecule has 0 fully saturated rings. The lowest BCUT2D eigenvalue weighted by molar-refractivity contribution is 0.0816. The molecule has 0 aromatic heterocycles. The van der Waals surface area contributed by atoms with Gasteiger partial charge in [0.1, 0.15) is 5.82 Å². The predicted octanol–water partition coefficient (Wildman–Crippen LogP) is 2.50. The fourth-order valence-electron chi connectivity index (χ4n) is 2.28. The number of aliphatic hydroxyl groups is 1. The number of hydrogen-bond donors (Lipinski definition) is 2. The van der Waals surface area contributed by atoms with Crippen molar-refractivity contribution in [3.63, 3.8) is 0 Å². The number of benzene rings is 1. The maximum Gasteiger partial charge on any atom is 0.251 e. The molecule has 4 nitrogen and oxygen atoms in total. The second kappa shape index (κ2) is 8.74. The second-order valence-corrected chi connectivity index (χ2v) is 5.09. The summed E-state index contributed by atoms with van der Waals surface area (Å²) in [4.78, 5) is 12.0. The van der Waals surface area contributed by atoms with Crippen molar-refractivity contribution in [1.29, 1.82) is 0 Å². The number of nitrogens with one attached hydrogen (secondary N) is 1. The third-order valence-corrected chi connectivity index (χ3v) is 3.67. The van der Waals surface area contributed by atoms with Crippen molar-refractivity contribution in [2.24, 2.45) is 5.92 Å². The normalized spacial score (nSPS) is 12.5. The highest BCUT2D eigenvalue weighted by molar-refractivity contribution is 5.94. The average Bonchev–Trinajstić information content (AvgIpc) is 2.48. The molecule has 0 spiro atoms. The number of amides is 1. The van der Waals surface area contributed by atoms with Gasteiger partial charge in [-0.1, -0.05) is 26.7 Å². The molecule has 1 unspecified atom stereocenters. The van der Waals surface area contributed by atoms with Gasteiger partial charge in [-0.15, -0.1) is 0 Å². The number of methoxy groups -OCH3 is 1. The van der Waals surface area contributed by atoms with E-state index in [4.69, 9.17) is 4.74 Å². The maximum absolute atomic E-state index is 13.5. The average molecular weight is 297 g/mol. The minimum Gasteiger partial charge on any atom is -0.391 e. The fourth-order valence-corrected chi connectivity index (χ4v) is 2.28. The summed E-state index contributed by atoms with van der Waals surface area (Å²) in [5.74, 6) is -0.551. The Morgan fingerprint density at radius 3 is 2.62 bits per heavy atom. The highest BCUT2D eigenvalue weighted by Gasteiger charge is 2.17. The molecule has 0 radical (unpaired) electrons. The molecule has 1 rings (SSSR count). The van der Waals surface area contributed by atoms with Crippen molar-refractivity contribution in [3.8, 4) is 0 Å². The third kappa shape index (κ3) is 5.10. The molecular weight excluding hydrogens is 273 g/mol. The Labute approximate surface area is 125 Å². The molecule has 1 amide bonds. The monoisotopic (exact) mass is 297 g/mol. The smallest absolute Gasteiger partial charge is 0.251 e. The van der Waals surface area contributed by atoms with Crippen LogP contribution in [-0.4, -0.2) is 30.8 Å². The molecule has 0 aliphatic heterocycles. The first-order valence-electron chi connectivity index (χ1n) is 7.27. The van der Waals surface area contributed by atoms with Crippen LogP contribution in [0.3, 0.4) is 0 Å². The quantitative estimate of drug-likeness (QED) is 0.775. The molecule has 1 atom stereocenters. The second-order valence-electron chi connectivity index (χ2n) is 5.09. The van der Waals surface area contributed by atoms with Gasteiger partial charge in [0.25, 0.3) is 5.91 Å². The van der Waals surface area contributed by atoms with Crippen molar-refractivity contribution < 1.29 is 19.0 Å². The SMILES string of the molecule is CCC(CC)C(O)CNC(=O)c1ccc(F)c(COC)c1. The Morgan fingerprint density at radius 2 is 2.05 bits per heavy atom. The van der Waals surface area contributed by atoms with Crippen molar-refractivity contribution in [2.75, 3.05) is 13.7 Å². The van der Waals surface area contributed by atoms with Crippen LogP contribution in [0.1, 0.15) is 42.6 Å². The lowest BCUT2D eigenvalue weighted by Crippen LogP contribution is -2.36. The minimum atomic E-state index is -0.567. The number of carbonyl (C=O) groups excluding carboxylic acids is 1. The van der Waals surface area contributed by atoms with E-state index in [0.29, 0.717) is 11.1 Å². The lowest BCUT2D eigenvalue weighted by atomic mass is 9.96. The molecule has 0 heterocycles. The summed E-state index contributed by atoms with van der Waals surface area (Å²) < 4.78 is 18.4. The van der Waals surface area contributed by atoms with E-state index in [0.717, 1.165) is 12.8 Å². The van der Waals surface area contributed by atoms with Crippen LogP contribution in [0, 0.1) is 11.7 Å². The van der Waals surface area contributed by atoms with E-state index >= 15 is 0 Å². The van der Waals surface area contributed by atoms with Gasteiger partial charge >= 0.3 is 0 Å². The van der Waals surface area contributed by atoms with Crippen molar-refractivity contribution >= 4 is 5.91 Å². The number of halogens is 1. The predicted molar refractivity (Wildman–Crippen MR) is 79.5 cm³/mol. The topological polar surface area (TPSA) is 58.6 Å². The zero-order chi connectivity index (χ0) is 15.8. The summed E-state index contributed by atoms with van der Waals surface area (Å²) in [7, 11) is 1.47. The van der Waals surface area contributed by atoms with Gasteiger partial charge in [0.05, 0.1) is 12.7 Å². The largest absolute Gasteiger partial charge is 0.391 e. The fraction of sp³-hybridized carbons (Fsp3) is 0.562. The number of hydrogen-bond acceptors (Lipinski definition) is 3. The van der Waals surface area contributed by atoms with Crippen LogP contribution in [-0.2, 0) is 11.3 Å². The van der Waals surface area contributed by atoms with E-state index in [1.807, 2.05) is 13.8 Å². The molecule has 5 heteroatoms. The van der Waals surface area contributed by atoms with Gasteiger partial charge < -0.3 is 15.2 Å². The molecule has 0 aliphatic rings. The molecule has 0 bridgehead atoms. The van der Waals surface area contributed by atoms with E-state index in [-0.39, 0.29) is 25.0 Å². The molecule has 0 saturated heterocycles. The van der Waals surface area contributed by atoms with Crippen molar-refractivity contribution in [2.45, 2.75) is 39.4 Å². The Hall–Kier alpha value is -1.46. The summed E-state index contributed by atoms with van der Waals surface area (Å²) in [5, 5.41) is 12.7. The number of rotatable bonds is 8. The molecule has 1 aromatic rings. The van der Waals surface area contributed by atoms with E-state index in [2.05, 4.69) is 5.32 Å². The van der Waals surface area contributed by atoms with E-state index < -0.39 is 11.9 Å². The Kier molecular flexibility index (Phi) is 7.32. The lowest BCUT2D eigenvalue weighted by Gasteiger charge is -2.20. The number of ether oxygens (including phenoxy) is 1. The molecule has 2 N–H and O–H groups in total. The standard InChI is InChI=1S/C16H24FNO3/c1-4-11(5-2)15(19)9-18-16(20)12-6-7-14(17)13(8-12)10-21-3/h6-8,11,15,19H,4-5,9-10H2,1-3H3,(H,18,20). The molecular formula is C16H24FNO3. The van der Waals surface area contributed by atoms with Crippen molar-refractivity contribution in [1.82, 2.24) is 5.32 Å². The van der Waals surface area contributed by atoms with Gasteiger partial charge in [0, 0.05) is 24.8 Å². The first-order chi connectivity index (χ1) is 10.0. The third-order valence-electron chi connectivity index (χ3n) is 3.67. The van der Waals surface area contributed by atoms with Crippen LogP contribution >= 0.6 is 0 Å². The van der Waals surface area contributed by atoms with Crippen LogP contribution in [0.15, 0.2) is 18.2 Å². The zero-order valence-electron chi connectivity index (χ0n) is 12.9. The molecule has 0 saturated carbocycles. The molecule has 118 valence electrons. The van der Waals surface area contributed by atoms with Crippen LogP contribution in [0.2, 0.25) is 0 Å². The summed E-state index contributed by atoms with van der Waals surface area (Å²) >= 11 is 0. The first-order valence-corrected chi connectivity index (χ1v) is 7.27. The summed E-state index contributed by atoms with van der Waals surface area (Å²) in [6.45, 7) is 4.33. The van der Waals surface area contributed by atoms with Gasteiger partial charge in [-0.25, -0.2) is 4.39 Å². The zero-order valence-corrected chi connectivity index (χ0v) is 12.9. The summed E-state index contributed by atoms with van der Waals surface area (Å²) in [6, 6.07) is 4.14. The van der Waals surface area contributed by atoms with Crippen molar-refractivity contribution in [3.05, 3.63) is 35.1 Å². The van der Waals surface area contributed by atoms with E-state index in [1.54, 1.807) is 0 Å². The van der Waals surface area contributed by atoms with E-state index in [9.17, 15) is 14.3 Å². The first kappa shape index (κ1) is 17.6. The van der Waals surface area contributed by atoms with Crippen LogP contribution in [0.5, 0.6) is 0 Å². The van der Waals surface area contributed by atoms with Crippen LogP contribution in [0.25, 0.3) is 0 Å². The van der Waals surface area contributed by atoms with Gasteiger partial charge in [-0.05, 0) is 24.1 Å². The van der Waals surface area contributed by atoms with Gasteiger partial charge in [0.2, 0.25) is 0 Å². The molecule has 21 heavy (non-hydrogen) atoms. The Bertz CT molecular complexity index is 461. The summed E-state index contributed by atoms with van der Waals surface area (Å²) in [6.07, 6.45) is 1.16. The number of carbonyl (C=O) groups is 1. The molecule has 0 aliphatic carbocycles. The Morgan fingerprint density at radius 1 is 1.38 bits per heavy atom. The number of aliphatic hydroxyl groups excluding tert-OH is 1.